The maximum atomic E-state index is 2.57. The van der Waals surface area contributed by atoms with Gasteiger partial charge in [-0.15, -0.1) is 0 Å². The van der Waals surface area contributed by atoms with E-state index >= 15 is 0 Å². The van der Waals surface area contributed by atoms with Crippen molar-refractivity contribution in [1.29, 1.82) is 0 Å². The maximum absolute atomic E-state index is 2.57. The quantitative estimate of drug-likeness (QED) is 0.100. The fourth-order valence-electron chi connectivity index (χ4n) is 12.9. The third kappa shape index (κ3) is 9.30. The van der Waals surface area contributed by atoms with Crippen LogP contribution in [0.2, 0.25) is 0 Å². The Morgan fingerprint density at radius 1 is 0.268 bits per heavy atom. The van der Waals surface area contributed by atoms with E-state index in [2.05, 4.69) is 317 Å². The Kier molecular flexibility index (Phi) is 13.2. The fraction of sp³-hybridized carbons (Fsp3) is 0.100. The van der Waals surface area contributed by atoms with Gasteiger partial charge in [-0.25, -0.2) is 0 Å². The Balaban J connectivity index is 1.06. The highest BCUT2D eigenvalue weighted by molar-refractivity contribution is 6.29. The van der Waals surface area contributed by atoms with E-state index in [1.165, 1.54) is 109 Å². The zero-order chi connectivity index (χ0) is 55.3. The van der Waals surface area contributed by atoms with E-state index in [1.807, 2.05) is 0 Å². The summed E-state index contributed by atoms with van der Waals surface area (Å²) in [6.45, 7) is 9.21. The first-order valence-corrected chi connectivity index (χ1v) is 29.2. The second-order valence-corrected chi connectivity index (χ2v) is 23.1. The highest BCUT2D eigenvalue weighted by atomic mass is 15.2. The summed E-state index contributed by atoms with van der Waals surface area (Å²) in [6.07, 6.45) is 2.04. The zero-order valence-electron chi connectivity index (χ0n) is 47.0. The summed E-state index contributed by atoms with van der Waals surface area (Å²) in [5, 5.41) is 12.1. The molecule has 82 heavy (non-hydrogen) atoms. The van der Waals surface area contributed by atoms with Gasteiger partial charge in [-0.3, -0.25) is 0 Å². The van der Waals surface area contributed by atoms with Crippen LogP contribution >= 0.6 is 0 Å². The summed E-state index contributed by atoms with van der Waals surface area (Å²) in [5.41, 5.74) is 18.9. The summed E-state index contributed by atoms with van der Waals surface area (Å²) >= 11 is 0. The molecule has 0 fully saturated rings. The van der Waals surface area contributed by atoms with Crippen LogP contribution in [0.1, 0.15) is 38.8 Å². The summed E-state index contributed by atoms with van der Waals surface area (Å²) in [4.78, 5) is 5.14. The van der Waals surface area contributed by atoms with Crippen molar-refractivity contribution in [2.75, 3.05) is 9.80 Å². The van der Waals surface area contributed by atoms with E-state index < -0.39 is 0 Å². The molecule has 0 radical (unpaired) electrons. The minimum atomic E-state index is 0.543. The lowest BCUT2D eigenvalue weighted by Gasteiger charge is -2.32. The number of rotatable bonds is 14. The molecule has 0 heterocycles. The molecule has 0 aromatic heterocycles. The van der Waals surface area contributed by atoms with Gasteiger partial charge in [0.05, 0.1) is 22.7 Å². The standard InChI is InChI=1S/C80H64N2/c1-53(2)49-55-25-39-67(40-26-55)81(79-69(59-21-13-7-14-22-59)43-33-61-29-31-65(51-73(61)79)57-17-9-5-10-18-57)75-47-37-63-36-46-72-76(48-38-64-35-45-71(75)77(63)78(64)72)82(68-41-27-56(28-42-68)50-54(3)4)80-70(60-23-15-8-16-24-60)44-34-62-30-32-66(52-74(62)80)58-19-11-6-12-20-58/h5-48,51-54H,49-50H2,1-4H3. The average molecular weight is 1050 g/mol. The highest BCUT2D eigenvalue weighted by Gasteiger charge is 2.27. The van der Waals surface area contributed by atoms with Crippen molar-refractivity contribution in [2.24, 2.45) is 11.8 Å². The normalized spacial score (nSPS) is 11.7. The van der Waals surface area contributed by atoms with Crippen molar-refractivity contribution in [3.8, 4) is 44.5 Å². The Morgan fingerprint density at radius 3 is 0.963 bits per heavy atom. The number of benzene rings is 14. The van der Waals surface area contributed by atoms with Crippen molar-refractivity contribution in [3.63, 3.8) is 0 Å². The molecule has 14 aromatic carbocycles. The lowest BCUT2D eigenvalue weighted by molar-refractivity contribution is 0.647. The summed E-state index contributed by atoms with van der Waals surface area (Å²) in [7, 11) is 0. The third-order valence-electron chi connectivity index (χ3n) is 16.6. The van der Waals surface area contributed by atoms with Gasteiger partial charge in [0.1, 0.15) is 0 Å². The van der Waals surface area contributed by atoms with Gasteiger partial charge in [-0.05, 0) is 150 Å². The second kappa shape index (κ2) is 21.4. The molecule has 0 N–H and O–H groups in total. The molecule has 0 aliphatic rings. The number of fused-ring (bicyclic) bond motifs is 2. The molecule has 0 bridgehead atoms. The fourth-order valence-corrected chi connectivity index (χ4v) is 12.9. The molecule has 14 aromatic rings. The molecule has 394 valence electrons. The van der Waals surface area contributed by atoms with Gasteiger partial charge in [0.2, 0.25) is 0 Å². The molecule has 2 nitrogen and oxygen atoms in total. The van der Waals surface area contributed by atoms with Crippen molar-refractivity contribution >= 4 is 88.0 Å². The molecule has 2 heteroatoms. The van der Waals surface area contributed by atoms with E-state index in [9.17, 15) is 0 Å². The summed E-state index contributed by atoms with van der Waals surface area (Å²) < 4.78 is 0. The average Bonchev–Trinajstić information content (AvgIpc) is 1.77. The monoisotopic (exact) mass is 1050 g/mol. The Hall–Kier alpha value is -9.76. The lowest BCUT2D eigenvalue weighted by Crippen LogP contribution is -2.13. The van der Waals surface area contributed by atoms with Gasteiger partial charge in [0.15, 0.2) is 0 Å². The molecular weight excluding hydrogens is 989 g/mol. The van der Waals surface area contributed by atoms with Crippen molar-refractivity contribution in [2.45, 2.75) is 40.5 Å². The Labute approximate surface area is 482 Å². The minimum absolute atomic E-state index is 0.543. The van der Waals surface area contributed by atoms with Gasteiger partial charge in [-0.1, -0.05) is 258 Å². The van der Waals surface area contributed by atoms with Crippen LogP contribution in [0.15, 0.2) is 279 Å². The molecule has 0 aliphatic heterocycles. The number of hydrogen-bond donors (Lipinski definition) is 0. The SMILES string of the molecule is CC(C)Cc1ccc(N(c2c(-c3ccccc3)ccc3ccc(-c4ccccc4)cc23)c2ccc3ccc4c(N(c5ccc(CC(C)C)cc5)c5c(-c6ccccc6)ccc6ccc(-c7ccccc7)cc56)ccc5ccc2c3c54)cc1. The third-order valence-corrected chi connectivity index (χ3v) is 16.6. The largest absolute Gasteiger partial charge is 0.309 e. The first-order valence-electron chi connectivity index (χ1n) is 29.2. The number of nitrogens with zero attached hydrogens (tertiary/aromatic N) is 2. The van der Waals surface area contributed by atoms with E-state index in [0.717, 1.165) is 47.0 Å². The van der Waals surface area contributed by atoms with Crippen molar-refractivity contribution in [3.05, 3.63) is 290 Å². The first-order chi connectivity index (χ1) is 40.3. The van der Waals surface area contributed by atoms with E-state index in [-0.39, 0.29) is 0 Å². The molecule has 0 saturated carbocycles. The minimum Gasteiger partial charge on any atom is -0.309 e. The van der Waals surface area contributed by atoms with Crippen LogP contribution in [0, 0.1) is 11.8 Å². The predicted molar refractivity (Wildman–Crippen MR) is 353 cm³/mol. The van der Waals surface area contributed by atoms with E-state index in [4.69, 9.17) is 0 Å². The molecule has 0 aliphatic carbocycles. The van der Waals surface area contributed by atoms with Crippen LogP contribution in [0.4, 0.5) is 34.1 Å². The van der Waals surface area contributed by atoms with Crippen LogP contribution in [-0.4, -0.2) is 0 Å². The highest BCUT2D eigenvalue weighted by Crippen LogP contribution is 2.53. The van der Waals surface area contributed by atoms with Crippen molar-refractivity contribution in [1.82, 2.24) is 0 Å². The van der Waals surface area contributed by atoms with Gasteiger partial charge in [0.25, 0.3) is 0 Å². The molecule has 0 atom stereocenters. The lowest BCUT2D eigenvalue weighted by atomic mass is 9.90. The number of anilines is 6. The van der Waals surface area contributed by atoms with Crippen LogP contribution in [0.5, 0.6) is 0 Å². The van der Waals surface area contributed by atoms with Crippen LogP contribution in [0.25, 0.3) is 98.4 Å². The molecule has 0 spiro atoms. The van der Waals surface area contributed by atoms with Crippen molar-refractivity contribution < 1.29 is 0 Å². The van der Waals surface area contributed by atoms with Crippen LogP contribution in [0.3, 0.4) is 0 Å². The Morgan fingerprint density at radius 2 is 0.598 bits per heavy atom. The van der Waals surface area contributed by atoms with E-state index in [1.54, 1.807) is 0 Å². The van der Waals surface area contributed by atoms with Crippen LogP contribution in [-0.2, 0) is 12.8 Å². The van der Waals surface area contributed by atoms with Crippen LogP contribution < -0.4 is 9.80 Å². The zero-order valence-corrected chi connectivity index (χ0v) is 47.0. The smallest absolute Gasteiger partial charge is 0.0618 e. The molecule has 14 rings (SSSR count). The van der Waals surface area contributed by atoms with Gasteiger partial charge >= 0.3 is 0 Å². The predicted octanol–water partition coefficient (Wildman–Crippen LogP) is 22.9. The maximum Gasteiger partial charge on any atom is 0.0618 e. The first kappa shape index (κ1) is 50.5. The molecular formula is C80H64N2. The summed E-state index contributed by atoms with van der Waals surface area (Å²) in [6, 6.07) is 105. The molecule has 0 unspecified atom stereocenters. The topological polar surface area (TPSA) is 6.48 Å². The summed E-state index contributed by atoms with van der Waals surface area (Å²) in [5.74, 6) is 1.09. The van der Waals surface area contributed by atoms with Gasteiger partial charge < -0.3 is 9.80 Å². The Bertz CT molecular complexity index is 4280. The number of hydrogen-bond acceptors (Lipinski definition) is 2. The molecule has 0 amide bonds. The van der Waals surface area contributed by atoms with Gasteiger partial charge in [0, 0.05) is 44.0 Å². The second-order valence-electron chi connectivity index (χ2n) is 23.1. The molecule has 0 saturated heterocycles. The van der Waals surface area contributed by atoms with E-state index in [0.29, 0.717) is 11.8 Å². The van der Waals surface area contributed by atoms with Gasteiger partial charge in [-0.2, -0.15) is 0 Å².